The van der Waals surface area contributed by atoms with Gasteiger partial charge in [0.1, 0.15) is 5.82 Å². The number of hydrogen-bond donors (Lipinski definition) is 2. The molecular weight excluding hydrogens is 359 g/mol. The zero-order valence-electron chi connectivity index (χ0n) is 14.0. The average molecular weight is 376 g/mol. The molecule has 1 heterocycles. The largest absolute Gasteiger partial charge is 0.452 e. The first-order chi connectivity index (χ1) is 12.5. The van der Waals surface area contributed by atoms with E-state index in [4.69, 9.17) is 4.74 Å². The van der Waals surface area contributed by atoms with Crippen LogP contribution in [-0.2, 0) is 14.3 Å². The molecule has 26 heavy (non-hydrogen) atoms. The summed E-state index contributed by atoms with van der Waals surface area (Å²) in [5.74, 6) is -1.72. The predicted octanol–water partition coefficient (Wildman–Crippen LogP) is 2.96. The van der Waals surface area contributed by atoms with E-state index in [1.807, 2.05) is 17.4 Å². The van der Waals surface area contributed by atoms with Gasteiger partial charge in [-0.15, -0.1) is 11.3 Å². The number of hydrogen-bond acceptors (Lipinski definition) is 5. The van der Waals surface area contributed by atoms with Crippen molar-refractivity contribution < 1.29 is 23.5 Å². The van der Waals surface area contributed by atoms with E-state index in [2.05, 4.69) is 5.32 Å². The average Bonchev–Trinajstić information content (AvgIpc) is 3.08. The minimum atomic E-state index is -0.715. The van der Waals surface area contributed by atoms with Gasteiger partial charge >= 0.3 is 12.0 Å². The van der Waals surface area contributed by atoms with Gasteiger partial charge in [0, 0.05) is 22.4 Å². The summed E-state index contributed by atoms with van der Waals surface area (Å²) in [6, 6.07) is 9.15. The molecule has 2 aromatic rings. The normalized spacial score (nSPS) is 10.5. The molecule has 2 rings (SSSR count). The summed E-state index contributed by atoms with van der Waals surface area (Å²) in [5.41, 5.74) is 0.876. The molecule has 136 valence electrons. The summed E-state index contributed by atoms with van der Waals surface area (Å²) in [7, 11) is 0. The third-order valence-electron chi connectivity index (χ3n) is 3.08. The van der Waals surface area contributed by atoms with Crippen molar-refractivity contribution in [2.75, 3.05) is 13.2 Å². The SMILES string of the molecule is CCNC(=O)NC(=O)COC(=O)/C=C/c1ccc(-c2ccc(F)cc2)s1. The van der Waals surface area contributed by atoms with Crippen molar-refractivity contribution in [2.24, 2.45) is 0 Å². The van der Waals surface area contributed by atoms with Gasteiger partial charge in [-0.2, -0.15) is 0 Å². The maximum atomic E-state index is 12.9. The molecular formula is C18H17FN2O4S. The van der Waals surface area contributed by atoms with Crippen LogP contribution in [0.4, 0.5) is 9.18 Å². The van der Waals surface area contributed by atoms with Crippen LogP contribution < -0.4 is 10.6 Å². The van der Waals surface area contributed by atoms with E-state index in [1.54, 1.807) is 25.1 Å². The Hall–Kier alpha value is -3.00. The van der Waals surface area contributed by atoms with Gasteiger partial charge in [0.15, 0.2) is 6.61 Å². The van der Waals surface area contributed by atoms with E-state index in [0.29, 0.717) is 6.54 Å². The number of thiophene rings is 1. The molecule has 1 aromatic carbocycles. The molecule has 0 bridgehead atoms. The molecule has 0 aliphatic carbocycles. The molecule has 0 fully saturated rings. The highest BCUT2D eigenvalue weighted by molar-refractivity contribution is 7.16. The summed E-state index contributed by atoms with van der Waals surface area (Å²) < 4.78 is 17.7. The first kappa shape index (κ1) is 19.3. The molecule has 0 radical (unpaired) electrons. The molecule has 8 heteroatoms. The number of ether oxygens (including phenoxy) is 1. The quantitative estimate of drug-likeness (QED) is 0.600. The van der Waals surface area contributed by atoms with Crippen LogP contribution in [0.5, 0.6) is 0 Å². The summed E-state index contributed by atoms with van der Waals surface area (Å²) in [6.45, 7) is 1.54. The number of nitrogens with one attached hydrogen (secondary N) is 2. The third-order valence-corrected chi connectivity index (χ3v) is 4.17. The van der Waals surface area contributed by atoms with E-state index in [0.717, 1.165) is 15.3 Å². The second-order valence-electron chi connectivity index (χ2n) is 5.06. The highest BCUT2D eigenvalue weighted by atomic mass is 32.1. The van der Waals surface area contributed by atoms with E-state index in [9.17, 15) is 18.8 Å². The van der Waals surface area contributed by atoms with Crippen molar-refractivity contribution >= 4 is 35.3 Å². The van der Waals surface area contributed by atoms with Gasteiger partial charge in [0.05, 0.1) is 0 Å². The van der Waals surface area contributed by atoms with Crippen molar-refractivity contribution in [2.45, 2.75) is 6.92 Å². The number of imide groups is 1. The Bertz CT molecular complexity index is 815. The maximum Gasteiger partial charge on any atom is 0.331 e. The topological polar surface area (TPSA) is 84.5 Å². The number of urea groups is 1. The number of esters is 1. The number of carbonyl (C=O) groups is 3. The molecule has 0 saturated heterocycles. The van der Waals surface area contributed by atoms with Crippen LogP contribution in [0.25, 0.3) is 16.5 Å². The molecule has 0 spiro atoms. The molecule has 1 aromatic heterocycles. The van der Waals surface area contributed by atoms with Crippen LogP contribution in [0, 0.1) is 5.82 Å². The van der Waals surface area contributed by atoms with Crippen LogP contribution in [-0.4, -0.2) is 31.1 Å². The van der Waals surface area contributed by atoms with E-state index in [-0.39, 0.29) is 5.82 Å². The van der Waals surface area contributed by atoms with Crippen LogP contribution >= 0.6 is 11.3 Å². The Morgan fingerprint density at radius 1 is 1.15 bits per heavy atom. The van der Waals surface area contributed by atoms with Crippen molar-refractivity contribution in [3.8, 4) is 10.4 Å². The lowest BCUT2D eigenvalue weighted by atomic mass is 10.2. The predicted molar refractivity (Wildman–Crippen MR) is 96.9 cm³/mol. The zero-order valence-corrected chi connectivity index (χ0v) is 14.8. The fourth-order valence-electron chi connectivity index (χ4n) is 1.91. The molecule has 0 atom stereocenters. The number of carbonyl (C=O) groups excluding carboxylic acids is 3. The maximum absolute atomic E-state index is 12.9. The van der Waals surface area contributed by atoms with Crippen LogP contribution in [0.15, 0.2) is 42.5 Å². The molecule has 0 aliphatic rings. The van der Waals surface area contributed by atoms with Gasteiger partial charge in [-0.25, -0.2) is 14.0 Å². The van der Waals surface area contributed by atoms with E-state index < -0.39 is 24.5 Å². The van der Waals surface area contributed by atoms with Crippen molar-refractivity contribution in [1.29, 1.82) is 0 Å². The highest BCUT2D eigenvalue weighted by Crippen LogP contribution is 2.28. The lowest BCUT2D eigenvalue weighted by Crippen LogP contribution is -2.41. The molecule has 0 aliphatic heterocycles. The first-order valence-corrected chi connectivity index (χ1v) is 8.58. The first-order valence-electron chi connectivity index (χ1n) is 7.76. The fourth-order valence-corrected chi connectivity index (χ4v) is 2.83. The van der Waals surface area contributed by atoms with Crippen LogP contribution in [0.1, 0.15) is 11.8 Å². The Morgan fingerprint density at radius 2 is 1.88 bits per heavy atom. The smallest absolute Gasteiger partial charge is 0.331 e. The minimum Gasteiger partial charge on any atom is -0.452 e. The van der Waals surface area contributed by atoms with Crippen LogP contribution in [0.3, 0.4) is 0 Å². The Kier molecular flexibility index (Phi) is 7.04. The Morgan fingerprint density at radius 3 is 2.58 bits per heavy atom. The second-order valence-corrected chi connectivity index (χ2v) is 6.17. The van der Waals surface area contributed by atoms with E-state index in [1.165, 1.54) is 29.5 Å². The zero-order chi connectivity index (χ0) is 18.9. The summed E-state index contributed by atoms with van der Waals surface area (Å²) in [5, 5.41) is 4.41. The standard InChI is InChI=1S/C18H17FN2O4S/c1-2-20-18(24)21-16(22)11-25-17(23)10-8-14-7-9-15(26-14)12-3-5-13(19)6-4-12/h3-10H,2,11H2,1H3,(H2,20,21,22,24)/b10-8+. The Balaban J connectivity index is 1.84. The number of benzene rings is 1. The summed E-state index contributed by atoms with van der Waals surface area (Å²) in [4.78, 5) is 35.9. The molecule has 2 N–H and O–H groups in total. The van der Waals surface area contributed by atoms with Gasteiger partial charge in [-0.3, -0.25) is 10.1 Å². The molecule has 0 unspecified atom stereocenters. The van der Waals surface area contributed by atoms with Gasteiger partial charge in [-0.1, -0.05) is 12.1 Å². The highest BCUT2D eigenvalue weighted by Gasteiger charge is 2.09. The molecule has 6 nitrogen and oxygen atoms in total. The molecule has 0 saturated carbocycles. The molecule has 3 amide bonds. The van der Waals surface area contributed by atoms with Crippen molar-refractivity contribution in [3.63, 3.8) is 0 Å². The number of amides is 3. The van der Waals surface area contributed by atoms with Crippen molar-refractivity contribution in [1.82, 2.24) is 10.6 Å². The lowest BCUT2D eigenvalue weighted by Gasteiger charge is -2.04. The lowest BCUT2D eigenvalue weighted by molar-refractivity contribution is -0.143. The number of rotatable bonds is 6. The van der Waals surface area contributed by atoms with E-state index >= 15 is 0 Å². The summed E-state index contributed by atoms with van der Waals surface area (Å²) >= 11 is 1.42. The minimum absolute atomic E-state index is 0.301. The van der Waals surface area contributed by atoms with Gasteiger partial charge in [-0.05, 0) is 42.8 Å². The monoisotopic (exact) mass is 376 g/mol. The third kappa shape index (κ3) is 6.14. The Labute approximate surface area is 153 Å². The number of halogens is 1. The van der Waals surface area contributed by atoms with Crippen molar-refractivity contribution in [3.05, 3.63) is 53.2 Å². The second kappa shape index (κ2) is 9.47. The van der Waals surface area contributed by atoms with Gasteiger partial charge in [0.25, 0.3) is 5.91 Å². The summed E-state index contributed by atoms with van der Waals surface area (Å²) in [6.07, 6.45) is 2.75. The van der Waals surface area contributed by atoms with Gasteiger partial charge < -0.3 is 10.1 Å². The van der Waals surface area contributed by atoms with Gasteiger partial charge in [0.2, 0.25) is 0 Å². The fraction of sp³-hybridized carbons (Fsp3) is 0.167. The van der Waals surface area contributed by atoms with Crippen LogP contribution in [0.2, 0.25) is 0 Å².